The van der Waals surface area contributed by atoms with Crippen LogP contribution in [0.5, 0.6) is 0 Å². The van der Waals surface area contributed by atoms with E-state index in [1.54, 1.807) is 7.11 Å². The Balaban J connectivity index is 2.66. The van der Waals surface area contributed by atoms with E-state index in [1.165, 1.54) is 12.8 Å². The molecule has 2 heteroatoms. The number of methoxy groups -OCH3 is 1. The van der Waals surface area contributed by atoms with E-state index in [0.29, 0.717) is 5.92 Å². The van der Waals surface area contributed by atoms with Gasteiger partial charge in [0.25, 0.3) is 0 Å². The largest absolute Gasteiger partial charge is 0.353 e. The molecule has 0 N–H and O–H groups in total. The van der Waals surface area contributed by atoms with Gasteiger partial charge in [-0.1, -0.05) is 13.8 Å². The van der Waals surface area contributed by atoms with Crippen molar-refractivity contribution in [3.63, 3.8) is 0 Å². The molecule has 0 aliphatic carbocycles. The summed E-state index contributed by atoms with van der Waals surface area (Å²) in [5, 5.41) is 0. The van der Waals surface area contributed by atoms with Crippen LogP contribution in [-0.2, 0) is 9.47 Å². The van der Waals surface area contributed by atoms with E-state index in [-0.39, 0.29) is 5.79 Å². The smallest absolute Gasteiger partial charge is 0.170 e. The summed E-state index contributed by atoms with van der Waals surface area (Å²) in [7, 11) is 1.76. The van der Waals surface area contributed by atoms with Crippen molar-refractivity contribution in [2.45, 2.75) is 45.3 Å². The first-order chi connectivity index (χ1) is 5.79. The van der Waals surface area contributed by atoms with Crippen LogP contribution in [0, 0.1) is 5.92 Å². The van der Waals surface area contributed by atoms with Gasteiger partial charge in [0.1, 0.15) is 0 Å². The molecule has 0 aromatic heterocycles. The van der Waals surface area contributed by atoms with Gasteiger partial charge in [-0.2, -0.15) is 0 Å². The fourth-order valence-corrected chi connectivity index (χ4v) is 2.19. The average molecular weight is 172 g/mol. The minimum absolute atomic E-state index is 0.271. The second-order valence-electron chi connectivity index (χ2n) is 3.47. The fourth-order valence-electron chi connectivity index (χ4n) is 2.19. The summed E-state index contributed by atoms with van der Waals surface area (Å²) < 4.78 is 11.3. The third kappa shape index (κ3) is 1.64. The van der Waals surface area contributed by atoms with Crippen LogP contribution in [0.2, 0.25) is 0 Å². The van der Waals surface area contributed by atoms with Crippen molar-refractivity contribution in [2.24, 2.45) is 5.92 Å². The van der Waals surface area contributed by atoms with Crippen LogP contribution in [0.15, 0.2) is 0 Å². The molecule has 12 heavy (non-hydrogen) atoms. The van der Waals surface area contributed by atoms with Crippen molar-refractivity contribution < 1.29 is 9.47 Å². The molecule has 1 saturated heterocycles. The molecule has 2 atom stereocenters. The Morgan fingerprint density at radius 1 is 1.50 bits per heavy atom. The van der Waals surface area contributed by atoms with Crippen LogP contribution in [0.1, 0.15) is 39.5 Å². The Labute approximate surface area is 75.2 Å². The molecule has 0 aromatic rings. The SMILES string of the molecule is CCC1CCCOC1(CC)OC. The van der Waals surface area contributed by atoms with Crippen LogP contribution < -0.4 is 0 Å². The average Bonchev–Trinajstić information content (AvgIpc) is 2.17. The van der Waals surface area contributed by atoms with Gasteiger partial charge in [0.15, 0.2) is 5.79 Å². The monoisotopic (exact) mass is 172 g/mol. The highest BCUT2D eigenvalue weighted by Crippen LogP contribution is 2.36. The highest BCUT2D eigenvalue weighted by molar-refractivity contribution is 4.80. The number of hydrogen-bond donors (Lipinski definition) is 0. The normalized spacial score (nSPS) is 36.8. The van der Waals surface area contributed by atoms with Crippen molar-refractivity contribution in [1.82, 2.24) is 0 Å². The predicted octanol–water partition coefficient (Wildman–Crippen LogP) is 2.58. The maximum absolute atomic E-state index is 5.75. The van der Waals surface area contributed by atoms with Gasteiger partial charge >= 0.3 is 0 Å². The highest BCUT2D eigenvalue weighted by atomic mass is 16.7. The van der Waals surface area contributed by atoms with E-state index >= 15 is 0 Å². The van der Waals surface area contributed by atoms with Crippen molar-refractivity contribution in [1.29, 1.82) is 0 Å². The Kier molecular flexibility index (Phi) is 3.53. The van der Waals surface area contributed by atoms with Gasteiger partial charge in [0.05, 0.1) is 6.61 Å². The molecule has 0 spiro atoms. The van der Waals surface area contributed by atoms with Crippen LogP contribution in [0.4, 0.5) is 0 Å². The zero-order valence-electron chi connectivity index (χ0n) is 8.43. The predicted molar refractivity (Wildman–Crippen MR) is 49.0 cm³/mol. The molecule has 0 saturated carbocycles. The summed E-state index contributed by atoms with van der Waals surface area (Å²) in [5.74, 6) is 0.314. The maximum Gasteiger partial charge on any atom is 0.170 e. The van der Waals surface area contributed by atoms with Gasteiger partial charge in [-0.05, 0) is 25.7 Å². The van der Waals surface area contributed by atoms with Gasteiger partial charge in [-0.15, -0.1) is 0 Å². The van der Waals surface area contributed by atoms with E-state index in [1.807, 2.05) is 0 Å². The van der Waals surface area contributed by atoms with Crippen molar-refractivity contribution in [3.05, 3.63) is 0 Å². The molecule has 1 aliphatic heterocycles. The summed E-state index contributed by atoms with van der Waals surface area (Å²) in [6, 6.07) is 0. The first-order valence-corrected chi connectivity index (χ1v) is 4.98. The standard InChI is InChI=1S/C10H20O2/c1-4-9-7-6-8-12-10(9,5-2)11-3/h9H,4-8H2,1-3H3. The molecule has 2 unspecified atom stereocenters. The molecule has 0 aromatic carbocycles. The lowest BCUT2D eigenvalue weighted by Crippen LogP contribution is -2.45. The topological polar surface area (TPSA) is 18.5 Å². The molecule has 1 heterocycles. The van der Waals surface area contributed by atoms with Gasteiger partial charge in [-0.3, -0.25) is 0 Å². The maximum atomic E-state index is 5.75. The Morgan fingerprint density at radius 2 is 2.25 bits per heavy atom. The fraction of sp³-hybridized carbons (Fsp3) is 1.00. The molecule has 1 aliphatic rings. The molecular formula is C10H20O2. The summed E-state index contributed by atoms with van der Waals surface area (Å²) >= 11 is 0. The zero-order valence-corrected chi connectivity index (χ0v) is 8.43. The third-order valence-corrected chi connectivity index (χ3v) is 3.00. The Morgan fingerprint density at radius 3 is 2.67 bits per heavy atom. The van der Waals surface area contributed by atoms with Crippen LogP contribution in [0.25, 0.3) is 0 Å². The molecule has 0 amide bonds. The second-order valence-corrected chi connectivity index (χ2v) is 3.47. The number of ether oxygens (including phenoxy) is 2. The Bertz CT molecular complexity index is 130. The third-order valence-electron chi connectivity index (χ3n) is 3.00. The van der Waals surface area contributed by atoms with Gasteiger partial charge < -0.3 is 9.47 Å². The zero-order chi connectivity index (χ0) is 9.03. The lowest BCUT2D eigenvalue weighted by Gasteiger charge is -2.41. The van der Waals surface area contributed by atoms with E-state index in [9.17, 15) is 0 Å². The summed E-state index contributed by atoms with van der Waals surface area (Å²) in [6.07, 6.45) is 4.55. The summed E-state index contributed by atoms with van der Waals surface area (Å²) in [4.78, 5) is 0. The Hall–Kier alpha value is -0.0800. The number of rotatable bonds is 3. The van der Waals surface area contributed by atoms with Crippen LogP contribution >= 0.6 is 0 Å². The molecule has 0 bridgehead atoms. The highest BCUT2D eigenvalue weighted by Gasteiger charge is 2.39. The van der Waals surface area contributed by atoms with Gasteiger partial charge in [-0.25, -0.2) is 0 Å². The molecule has 72 valence electrons. The molecule has 1 fully saturated rings. The minimum Gasteiger partial charge on any atom is -0.353 e. The van der Waals surface area contributed by atoms with E-state index < -0.39 is 0 Å². The molecular weight excluding hydrogens is 152 g/mol. The second kappa shape index (κ2) is 4.24. The van der Waals surface area contributed by atoms with Crippen molar-refractivity contribution in [3.8, 4) is 0 Å². The van der Waals surface area contributed by atoms with Crippen molar-refractivity contribution >= 4 is 0 Å². The quantitative estimate of drug-likeness (QED) is 0.651. The van der Waals surface area contributed by atoms with E-state index in [2.05, 4.69) is 13.8 Å². The minimum atomic E-state index is -0.271. The van der Waals surface area contributed by atoms with Gasteiger partial charge in [0.2, 0.25) is 0 Å². The van der Waals surface area contributed by atoms with E-state index in [0.717, 1.165) is 19.4 Å². The molecule has 0 radical (unpaired) electrons. The van der Waals surface area contributed by atoms with E-state index in [4.69, 9.17) is 9.47 Å². The van der Waals surface area contributed by atoms with Crippen molar-refractivity contribution in [2.75, 3.05) is 13.7 Å². The number of hydrogen-bond acceptors (Lipinski definition) is 2. The molecule has 2 nitrogen and oxygen atoms in total. The van der Waals surface area contributed by atoms with Crippen LogP contribution in [-0.4, -0.2) is 19.5 Å². The summed E-state index contributed by atoms with van der Waals surface area (Å²) in [5.41, 5.74) is 0. The first-order valence-electron chi connectivity index (χ1n) is 4.98. The molecule has 1 rings (SSSR count). The van der Waals surface area contributed by atoms with Gasteiger partial charge in [0, 0.05) is 13.0 Å². The van der Waals surface area contributed by atoms with Crippen LogP contribution in [0.3, 0.4) is 0 Å². The lowest BCUT2D eigenvalue weighted by atomic mass is 9.87. The first kappa shape index (κ1) is 10.0. The summed E-state index contributed by atoms with van der Waals surface area (Å²) in [6.45, 7) is 5.21. The lowest BCUT2D eigenvalue weighted by molar-refractivity contribution is -0.274.